The number of hydrogen-bond donors (Lipinski definition) is 2. The molecule has 5 nitrogen and oxygen atoms in total. The number of phenolic OH excluding ortho intramolecular Hbond substituents is 1. The van der Waals surface area contributed by atoms with Gasteiger partial charge in [-0.25, -0.2) is 0 Å². The molecule has 2 rings (SSSR count). The molecule has 1 amide bonds. The van der Waals surface area contributed by atoms with Gasteiger partial charge in [0, 0.05) is 24.5 Å². The van der Waals surface area contributed by atoms with E-state index in [-0.39, 0.29) is 17.7 Å². The number of nitrogens with zero attached hydrogens (tertiary/aromatic N) is 2. The monoisotopic (exact) mass is 245 g/mol. The first kappa shape index (κ1) is 12.2. The summed E-state index contributed by atoms with van der Waals surface area (Å²) in [6, 6.07) is 8.33. The Morgan fingerprint density at radius 3 is 2.89 bits per heavy atom. The van der Waals surface area contributed by atoms with Crippen molar-refractivity contribution in [2.75, 3.05) is 0 Å². The van der Waals surface area contributed by atoms with Gasteiger partial charge in [-0.3, -0.25) is 9.48 Å². The van der Waals surface area contributed by atoms with Crippen molar-refractivity contribution in [1.82, 2.24) is 15.1 Å². The highest BCUT2D eigenvalue weighted by molar-refractivity contribution is 5.79. The molecule has 0 saturated carbocycles. The molecule has 2 aromatic rings. The molecule has 1 unspecified atom stereocenters. The standard InChI is InChI=1S/C13H15N3O2/c1-10(16-8-4-7-15-16)13(18)14-9-11-5-2-3-6-12(11)17/h2-8,10,17H,9H2,1H3,(H,14,18). The predicted octanol–water partition coefficient (Wildman–Crippen LogP) is 1.47. The molecule has 0 radical (unpaired) electrons. The normalized spacial score (nSPS) is 12.1. The summed E-state index contributed by atoms with van der Waals surface area (Å²) in [5.74, 6) is 0.0477. The van der Waals surface area contributed by atoms with Crippen LogP contribution in [0.4, 0.5) is 0 Å². The van der Waals surface area contributed by atoms with Crippen LogP contribution >= 0.6 is 0 Å². The third-order valence-corrected chi connectivity index (χ3v) is 2.75. The van der Waals surface area contributed by atoms with E-state index >= 15 is 0 Å². The van der Waals surface area contributed by atoms with E-state index in [2.05, 4.69) is 10.4 Å². The van der Waals surface area contributed by atoms with Crippen LogP contribution in [0.25, 0.3) is 0 Å². The van der Waals surface area contributed by atoms with E-state index in [1.54, 1.807) is 48.3 Å². The number of carbonyl (C=O) groups excluding carboxylic acids is 1. The second-order valence-electron chi connectivity index (χ2n) is 4.01. The molecule has 0 aliphatic heterocycles. The number of hydrogen-bond acceptors (Lipinski definition) is 3. The van der Waals surface area contributed by atoms with Crippen LogP contribution in [0.3, 0.4) is 0 Å². The lowest BCUT2D eigenvalue weighted by Gasteiger charge is -2.13. The fourth-order valence-electron chi connectivity index (χ4n) is 1.62. The van der Waals surface area contributed by atoms with Crippen molar-refractivity contribution >= 4 is 5.91 Å². The first-order valence-electron chi connectivity index (χ1n) is 5.72. The summed E-state index contributed by atoms with van der Waals surface area (Å²) in [4.78, 5) is 11.9. The third-order valence-electron chi connectivity index (χ3n) is 2.75. The Hall–Kier alpha value is -2.30. The topological polar surface area (TPSA) is 67.2 Å². The van der Waals surface area contributed by atoms with Gasteiger partial charge in [-0.2, -0.15) is 5.10 Å². The van der Waals surface area contributed by atoms with Crippen molar-refractivity contribution in [2.45, 2.75) is 19.5 Å². The van der Waals surface area contributed by atoms with Gasteiger partial charge in [0.1, 0.15) is 11.8 Å². The molecule has 1 heterocycles. The summed E-state index contributed by atoms with van der Waals surface area (Å²) >= 11 is 0. The number of phenols is 1. The molecular formula is C13H15N3O2. The summed E-state index contributed by atoms with van der Waals surface area (Å²) in [6.45, 7) is 2.07. The predicted molar refractivity (Wildman–Crippen MR) is 66.9 cm³/mol. The molecule has 0 aliphatic carbocycles. The van der Waals surface area contributed by atoms with Crippen LogP contribution in [-0.4, -0.2) is 20.8 Å². The van der Waals surface area contributed by atoms with Gasteiger partial charge in [0.25, 0.3) is 0 Å². The number of para-hydroxylation sites is 1. The smallest absolute Gasteiger partial charge is 0.244 e. The highest BCUT2D eigenvalue weighted by atomic mass is 16.3. The van der Waals surface area contributed by atoms with Crippen LogP contribution in [0.5, 0.6) is 5.75 Å². The Morgan fingerprint density at radius 1 is 1.44 bits per heavy atom. The third kappa shape index (κ3) is 2.68. The molecule has 94 valence electrons. The van der Waals surface area contributed by atoms with Gasteiger partial charge in [-0.1, -0.05) is 18.2 Å². The van der Waals surface area contributed by atoms with Gasteiger partial charge in [-0.15, -0.1) is 0 Å². The zero-order chi connectivity index (χ0) is 13.0. The van der Waals surface area contributed by atoms with Crippen molar-refractivity contribution in [1.29, 1.82) is 0 Å². The highest BCUT2D eigenvalue weighted by Gasteiger charge is 2.14. The molecule has 0 aliphatic rings. The molecule has 1 atom stereocenters. The van der Waals surface area contributed by atoms with Crippen molar-refractivity contribution in [2.24, 2.45) is 0 Å². The quantitative estimate of drug-likeness (QED) is 0.857. The number of amides is 1. The van der Waals surface area contributed by atoms with E-state index in [0.29, 0.717) is 12.1 Å². The molecule has 0 saturated heterocycles. The zero-order valence-corrected chi connectivity index (χ0v) is 10.1. The largest absolute Gasteiger partial charge is 0.508 e. The SMILES string of the molecule is CC(C(=O)NCc1ccccc1O)n1cccn1. The second-order valence-corrected chi connectivity index (χ2v) is 4.01. The fraction of sp³-hybridized carbons (Fsp3) is 0.231. The van der Waals surface area contributed by atoms with E-state index < -0.39 is 0 Å². The molecule has 2 N–H and O–H groups in total. The Kier molecular flexibility index (Phi) is 3.62. The van der Waals surface area contributed by atoms with Crippen LogP contribution < -0.4 is 5.32 Å². The first-order valence-corrected chi connectivity index (χ1v) is 5.72. The first-order chi connectivity index (χ1) is 8.68. The van der Waals surface area contributed by atoms with Crippen molar-refractivity contribution in [3.8, 4) is 5.75 Å². The van der Waals surface area contributed by atoms with Crippen LogP contribution in [0.1, 0.15) is 18.5 Å². The zero-order valence-electron chi connectivity index (χ0n) is 10.1. The minimum absolute atomic E-state index is 0.137. The van der Waals surface area contributed by atoms with Crippen LogP contribution in [0.2, 0.25) is 0 Å². The van der Waals surface area contributed by atoms with Crippen LogP contribution in [-0.2, 0) is 11.3 Å². The summed E-state index contributed by atoms with van der Waals surface area (Å²) in [6.07, 6.45) is 3.37. The molecular weight excluding hydrogens is 230 g/mol. The molecule has 5 heteroatoms. The van der Waals surface area contributed by atoms with Gasteiger partial charge in [0.05, 0.1) is 0 Å². The maximum absolute atomic E-state index is 11.9. The number of aromatic nitrogens is 2. The van der Waals surface area contributed by atoms with Crippen LogP contribution in [0, 0.1) is 0 Å². The molecule has 0 fully saturated rings. The molecule has 1 aromatic carbocycles. The minimum Gasteiger partial charge on any atom is -0.508 e. The van der Waals surface area contributed by atoms with Gasteiger partial charge < -0.3 is 10.4 Å². The number of aromatic hydroxyl groups is 1. The summed E-state index contributed by atoms with van der Waals surface area (Å²) in [7, 11) is 0. The average Bonchev–Trinajstić information content (AvgIpc) is 2.90. The van der Waals surface area contributed by atoms with E-state index in [4.69, 9.17) is 0 Å². The summed E-state index contributed by atoms with van der Waals surface area (Å²) in [5, 5.41) is 16.4. The number of rotatable bonds is 4. The fourth-order valence-corrected chi connectivity index (χ4v) is 1.62. The van der Waals surface area contributed by atoms with Gasteiger partial charge in [0.15, 0.2) is 0 Å². The Balaban J connectivity index is 1.95. The highest BCUT2D eigenvalue weighted by Crippen LogP contribution is 2.15. The van der Waals surface area contributed by atoms with E-state index in [0.717, 1.165) is 0 Å². The number of carbonyl (C=O) groups is 1. The van der Waals surface area contributed by atoms with Crippen LogP contribution in [0.15, 0.2) is 42.7 Å². The molecule has 1 aromatic heterocycles. The van der Waals surface area contributed by atoms with Gasteiger partial charge in [-0.05, 0) is 19.1 Å². The number of nitrogens with one attached hydrogen (secondary N) is 1. The Morgan fingerprint density at radius 2 is 2.22 bits per heavy atom. The van der Waals surface area contributed by atoms with E-state index in [1.165, 1.54) is 0 Å². The molecule has 18 heavy (non-hydrogen) atoms. The second kappa shape index (κ2) is 5.35. The summed E-state index contributed by atoms with van der Waals surface area (Å²) < 4.78 is 1.58. The van der Waals surface area contributed by atoms with Crippen molar-refractivity contribution < 1.29 is 9.90 Å². The van der Waals surface area contributed by atoms with Gasteiger partial charge in [0.2, 0.25) is 5.91 Å². The van der Waals surface area contributed by atoms with Crippen molar-refractivity contribution in [3.63, 3.8) is 0 Å². The van der Waals surface area contributed by atoms with E-state index in [1.807, 2.05) is 6.07 Å². The number of benzene rings is 1. The van der Waals surface area contributed by atoms with Crippen molar-refractivity contribution in [3.05, 3.63) is 48.3 Å². The lowest BCUT2D eigenvalue weighted by molar-refractivity contribution is -0.124. The lowest BCUT2D eigenvalue weighted by Crippen LogP contribution is -2.30. The molecule has 0 spiro atoms. The Bertz CT molecular complexity index is 523. The average molecular weight is 245 g/mol. The Labute approximate surface area is 105 Å². The minimum atomic E-state index is -0.370. The summed E-state index contributed by atoms with van der Waals surface area (Å²) in [5.41, 5.74) is 0.693. The molecule has 0 bridgehead atoms. The lowest BCUT2D eigenvalue weighted by atomic mass is 10.2. The maximum Gasteiger partial charge on any atom is 0.244 e. The van der Waals surface area contributed by atoms with Gasteiger partial charge >= 0.3 is 0 Å². The maximum atomic E-state index is 11.9. The van der Waals surface area contributed by atoms with E-state index in [9.17, 15) is 9.90 Å².